The van der Waals surface area contributed by atoms with Gasteiger partial charge in [0, 0.05) is 0 Å². The minimum absolute atomic E-state index is 0. The fourth-order valence-corrected chi connectivity index (χ4v) is 0. The van der Waals surface area contributed by atoms with Gasteiger partial charge in [-0.25, -0.2) is 0 Å². The summed E-state index contributed by atoms with van der Waals surface area (Å²) in [6, 6.07) is 0. The molecule has 20 valence electrons. The maximum atomic E-state index is 8.29. The normalized spacial score (nSPS) is 3.60. The first-order valence-corrected chi connectivity index (χ1v) is 1.00. The summed E-state index contributed by atoms with van der Waals surface area (Å²) in [4.78, 5) is 0. The molecule has 0 spiro atoms. The fraction of sp³-hybridized carbons (Fsp3) is 0. The molecule has 2 nitrogen and oxygen atoms in total. The van der Waals surface area contributed by atoms with Crippen molar-refractivity contribution in [3.63, 3.8) is 0 Å². The van der Waals surface area contributed by atoms with Crippen LogP contribution in [-0.2, 0) is 19.5 Å². The summed E-state index contributed by atoms with van der Waals surface area (Å²) in [6.45, 7) is 0. The molecule has 0 heterocycles. The Hall–Kier alpha value is 1.89. The molecule has 0 fully saturated rings. The molecule has 0 rings (SSSR count). The van der Waals surface area contributed by atoms with E-state index in [1.54, 1.807) is 0 Å². The summed E-state index contributed by atoms with van der Waals surface area (Å²) in [5.74, 6) is 0. The zero-order valence-corrected chi connectivity index (χ0v) is 8.72. The molecular weight excluding hydrogens is 152 g/mol. The smallest absolute Gasteiger partial charge is 0.811 e. The van der Waals surface area contributed by atoms with Gasteiger partial charge in [-0.05, 0) is 0 Å². The average molecular weight is 152 g/mol. The first kappa shape index (κ1) is 15.8. The number of hydrogen-bond donors (Lipinski definition) is 0. The summed E-state index contributed by atoms with van der Waals surface area (Å²) >= 11 is -0.750. The monoisotopic (exact) mass is 151 g/mol. The van der Waals surface area contributed by atoms with E-state index in [0.717, 1.165) is 0 Å². The fourth-order valence-electron chi connectivity index (χ4n) is 0. The van der Waals surface area contributed by atoms with E-state index in [1.807, 2.05) is 0 Å². The van der Waals surface area contributed by atoms with Gasteiger partial charge in [0.25, 0.3) is 0 Å². The Morgan fingerprint density at radius 3 is 1.20 bits per heavy atom. The zero-order chi connectivity index (χ0) is 2.71. The van der Waals surface area contributed by atoms with Crippen molar-refractivity contribution in [1.82, 2.24) is 0 Å². The molecule has 5 heavy (non-hydrogen) atoms. The molecule has 0 N–H and O–H groups in total. The van der Waals surface area contributed by atoms with Crippen LogP contribution in [0.15, 0.2) is 0 Å². The molecule has 0 bridgehead atoms. The van der Waals surface area contributed by atoms with E-state index in [4.69, 9.17) is 9.11 Å². The Labute approximate surface area is 69.8 Å². The van der Waals surface area contributed by atoms with Gasteiger partial charge in [0.2, 0.25) is 0 Å². The van der Waals surface area contributed by atoms with Gasteiger partial charge in [0.05, 0.1) is 0 Å². The van der Waals surface area contributed by atoms with E-state index in [1.165, 1.54) is 0 Å². The second-order valence-corrected chi connectivity index (χ2v) is 0.204. The Morgan fingerprint density at radius 2 is 1.20 bits per heavy atom. The van der Waals surface area contributed by atoms with Crippen LogP contribution in [0, 0.1) is 0 Å². The van der Waals surface area contributed by atoms with Gasteiger partial charge in [-0.15, -0.1) is 0 Å². The summed E-state index contributed by atoms with van der Waals surface area (Å²) in [7, 11) is 0. The van der Waals surface area contributed by atoms with Crippen LogP contribution in [0.1, 0.15) is 0 Å². The molecule has 5 heteroatoms. The molecular formula is NaO2SZn+. The van der Waals surface area contributed by atoms with Gasteiger partial charge in [-0.3, -0.25) is 0 Å². The molecule has 0 aromatic carbocycles. The van der Waals surface area contributed by atoms with Crippen LogP contribution in [0.2, 0.25) is 0 Å². The molecule has 0 amide bonds. The first-order chi connectivity index (χ1) is 1.41. The van der Waals surface area contributed by atoms with Crippen LogP contribution in [0.4, 0.5) is 0 Å². The second kappa shape index (κ2) is 16.9. The van der Waals surface area contributed by atoms with Gasteiger partial charge in [-0.1, -0.05) is 0 Å². The number of hydrogen-bond acceptors (Lipinski definition) is 3. The van der Waals surface area contributed by atoms with Gasteiger partial charge in [0.15, 0.2) is 0 Å². The van der Waals surface area contributed by atoms with Crippen molar-refractivity contribution in [3.8, 4) is 0 Å². The second-order valence-electron chi connectivity index (χ2n) is 0.0680. The van der Waals surface area contributed by atoms with E-state index in [9.17, 15) is 0 Å². The molecule has 0 aliphatic heterocycles. The molecule has 0 aromatic rings. The van der Waals surface area contributed by atoms with Crippen molar-refractivity contribution in [2.24, 2.45) is 0 Å². The van der Waals surface area contributed by atoms with Crippen LogP contribution in [0.5, 0.6) is 0 Å². The summed E-state index contributed by atoms with van der Waals surface area (Å²) < 4.78 is 16.6. The van der Waals surface area contributed by atoms with Crippen LogP contribution in [-0.4, -0.2) is 9.11 Å². The van der Waals surface area contributed by atoms with Crippen LogP contribution < -0.4 is 29.6 Å². The molecule has 0 aromatic heterocycles. The van der Waals surface area contributed by atoms with E-state index in [2.05, 4.69) is 0 Å². The first-order valence-electron chi connectivity index (χ1n) is 0.333. The quantitative estimate of drug-likeness (QED) is 0.274. The largest absolute Gasteiger partial charge is 2.00 e. The van der Waals surface area contributed by atoms with E-state index in [-0.39, 0.29) is 49.0 Å². The van der Waals surface area contributed by atoms with Gasteiger partial charge >= 0.3 is 49.0 Å². The molecule has 0 saturated heterocycles. The third kappa shape index (κ3) is 24.9. The maximum absolute atomic E-state index is 8.29. The number of rotatable bonds is 0. The van der Waals surface area contributed by atoms with E-state index >= 15 is 0 Å². The minimum atomic E-state index is -0.750. The molecule has 0 aliphatic carbocycles. The molecule has 0 unspecified atom stereocenters. The van der Waals surface area contributed by atoms with Crippen molar-refractivity contribution in [1.29, 1.82) is 0 Å². The van der Waals surface area contributed by atoms with E-state index < -0.39 is 12.3 Å². The van der Waals surface area contributed by atoms with Crippen molar-refractivity contribution < 1.29 is 58.1 Å². The molecule has 0 radical (unpaired) electrons. The topological polar surface area (TPSA) is 46.1 Å². The zero-order valence-electron chi connectivity index (χ0n) is 2.93. The van der Waals surface area contributed by atoms with Gasteiger partial charge in [-0.2, -0.15) is 0 Å². The standard InChI is InChI=1S/Na.H2O2S.Zn/c;1-3-2;/h;1-2H;/q+1;;+2/p-2. The third-order valence-electron chi connectivity index (χ3n) is 0. The maximum Gasteiger partial charge on any atom is 2.00 e. The Balaban J connectivity index is -0.0000000200. The summed E-state index contributed by atoms with van der Waals surface area (Å²) in [5.41, 5.74) is 0. The van der Waals surface area contributed by atoms with Crippen LogP contribution in [0.25, 0.3) is 0 Å². The molecule has 0 aliphatic rings. The SMILES string of the molecule is [Na+].[O-]S[O-].[Zn+2]. The Kier molecular flexibility index (Phi) is 53.2. The predicted molar refractivity (Wildman–Crippen MR) is 9.15 cm³/mol. The van der Waals surface area contributed by atoms with Crippen LogP contribution in [0.3, 0.4) is 0 Å². The van der Waals surface area contributed by atoms with E-state index in [0.29, 0.717) is 0 Å². The Bertz CT molecular complexity index is 9.61. The van der Waals surface area contributed by atoms with Gasteiger partial charge in [0.1, 0.15) is 0 Å². The van der Waals surface area contributed by atoms with Crippen molar-refractivity contribution in [2.45, 2.75) is 0 Å². The third-order valence-corrected chi connectivity index (χ3v) is 0. The molecule has 0 atom stereocenters. The molecule has 0 saturated carbocycles. The van der Waals surface area contributed by atoms with Crippen molar-refractivity contribution in [2.75, 3.05) is 0 Å². The Morgan fingerprint density at radius 1 is 1.20 bits per heavy atom. The average Bonchev–Trinajstić information content (AvgIpc) is 0.918. The van der Waals surface area contributed by atoms with Crippen molar-refractivity contribution in [3.05, 3.63) is 0 Å². The van der Waals surface area contributed by atoms with Crippen LogP contribution >= 0.6 is 12.3 Å². The van der Waals surface area contributed by atoms with Gasteiger partial charge < -0.3 is 21.4 Å². The summed E-state index contributed by atoms with van der Waals surface area (Å²) in [5, 5.41) is 0. The predicted octanol–water partition coefficient (Wildman–Crippen LogP) is -3.02. The van der Waals surface area contributed by atoms with Crippen molar-refractivity contribution >= 4 is 12.3 Å². The summed E-state index contributed by atoms with van der Waals surface area (Å²) in [6.07, 6.45) is 0. The minimum Gasteiger partial charge on any atom is -0.811 e.